The van der Waals surface area contributed by atoms with E-state index in [1.807, 2.05) is 13.0 Å². The Hall–Kier alpha value is -1.49. The number of hydrogen-bond acceptors (Lipinski definition) is 4. The number of halogens is 1. The van der Waals surface area contributed by atoms with Crippen LogP contribution in [0.2, 0.25) is 5.02 Å². The first-order valence-corrected chi connectivity index (χ1v) is 6.74. The number of aryl methyl sites for hydroxylation is 1. The quantitative estimate of drug-likeness (QED) is 0.793. The van der Waals surface area contributed by atoms with Gasteiger partial charge in [-0.25, -0.2) is 0 Å². The Labute approximate surface area is 123 Å². The van der Waals surface area contributed by atoms with Crippen molar-refractivity contribution in [1.29, 1.82) is 0 Å². The molecule has 1 atom stereocenters. The molecule has 1 aromatic carbocycles. The molecule has 0 radical (unpaired) electrons. The van der Waals surface area contributed by atoms with Crippen LogP contribution in [0.25, 0.3) is 0 Å². The lowest BCUT2D eigenvalue weighted by Crippen LogP contribution is -2.34. The first kappa shape index (κ1) is 14.9. The Morgan fingerprint density at radius 3 is 2.70 bits per heavy atom. The molecule has 0 aliphatic carbocycles. The van der Waals surface area contributed by atoms with Gasteiger partial charge in [-0.2, -0.15) is 0 Å². The molecule has 1 unspecified atom stereocenters. The molecular weight excluding hydrogens is 278 g/mol. The molecule has 5 heteroatoms. The van der Waals surface area contributed by atoms with Gasteiger partial charge in [0.1, 0.15) is 22.9 Å². The van der Waals surface area contributed by atoms with Crippen molar-refractivity contribution in [2.75, 3.05) is 6.54 Å². The minimum Gasteiger partial charge on any atom is -0.508 e. The second kappa shape index (κ2) is 5.87. The molecule has 108 valence electrons. The van der Waals surface area contributed by atoms with Gasteiger partial charge in [0.05, 0.1) is 0 Å². The monoisotopic (exact) mass is 295 g/mol. The molecule has 0 aliphatic heterocycles. The predicted molar refractivity (Wildman–Crippen MR) is 77.8 cm³/mol. The normalized spacial score (nSPS) is 14.2. The van der Waals surface area contributed by atoms with Crippen molar-refractivity contribution in [2.24, 2.45) is 0 Å². The highest BCUT2D eigenvalue weighted by molar-refractivity contribution is 6.30. The number of phenolic OH excluding ortho intramolecular Hbond substituents is 1. The van der Waals surface area contributed by atoms with Gasteiger partial charge in [-0.1, -0.05) is 11.6 Å². The fraction of sp³-hybridized carbons (Fsp3) is 0.333. The van der Waals surface area contributed by atoms with E-state index in [-0.39, 0.29) is 5.75 Å². The molecule has 0 spiro atoms. The summed E-state index contributed by atoms with van der Waals surface area (Å²) in [6.45, 7) is 4.21. The van der Waals surface area contributed by atoms with Crippen LogP contribution < -0.4 is 5.32 Å². The minimum absolute atomic E-state index is 0.176. The molecule has 0 bridgehead atoms. The van der Waals surface area contributed by atoms with Crippen molar-refractivity contribution < 1.29 is 14.6 Å². The topological polar surface area (TPSA) is 65.6 Å². The van der Waals surface area contributed by atoms with Gasteiger partial charge in [0, 0.05) is 23.7 Å². The molecule has 0 aliphatic rings. The van der Waals surface area contributed by atoms with Gasteiger partial charge in [0.15, 0.2) is 0 Å². The molecule has 1 heterocycles. The molecular formula is C15H18ClNO3. The lowest BCUT2D eigenvalue weighted by atomic mass is 10.0. The van der Waals surface area contributed by atoms with Gasteiger partial charge < -0.3 is 19.9 Å². The molecule has 1 aromatic heterocycles. The van der Waals surface area contributed by atoms with Crippen molar-refractivity contribution in [2.45, 2.75) is 26.0 Å². The van der Waals surface area contributed by atoms with Crippen LogP contribution in [0.15, 0.2) is 34.7 Å². The summed E-state index contributed by atoms with van der Waals surface area (Å²) >= 11 is 5.88. The summed E-state index contributed by atoms with van der Waals surface area (Å²) < 4.78 is 5.43. The Morgan fingerprint density at radius 2 is 2.05 bits per heavy atom. The van der Waals surface area contributed by atoms with Gasteiger partial charge in [-0.15, -0.1) is 0 Å². The molecule has 0 fully saturated rings. The SMILES string of the molecule is Cc1ccc(C(C)(O)CNCc2cc(Cl)ccc2O)o1. The highest BCUT2D eigenvalue weighted by Gasteiger charge is 2.26. The van der Waals surface area contributed by atoms with Gasteiger partial charge in [0.2, 0.25) is 0 Å². The summed E-state index contributed by atoms with van der Waals surface area (Å²) in [5, 5.41) is 23.7. The van der Waals surface area contributed by atoms with Gasteiger partial charge in [0.25, 0.3) is 0 Å². The number of aromatic hydroxyl groups is 1. The van der Waals surface area contributed by atoms with Crippen LogP contribution in [0, 0.1) is 6.92 Å². The number of hydrogen-bond donors (Lipinski definition) is 3. The molecule has 2 rings (SSSR count). The minimum atomic E-state index is -1.11. The van der Waals surface area contributed by atoms with Crippen molar-refractivity contribution in [3.05, 3.63) is 52.4 Å². The summed E-state index contributed by atoms with van der Waals surface area (Å²) in [5.41, 5.74) is -0.424. The second-order valence-electron chi connectivity index (χ2n) is 5.06. The number of benzene rings is 1. The van der Waals surface area contributed by atoms with Gasteiger partial charge in [-0.3, -0.25) is 0 Å². The van der Waals surface area contributed by atoms with E-state index in [1.165, 1.54) is 0 Å². The Bertz CT molecular complexity index is 593. The summed E-state index contributed by atoms with van der Waals surface area (Å²) in [5.74, 6) is 1.45. The number of rotatable bonds is 5. The van der Waals surface area contributed by atoms with E-state index in [0.29, 0.717) is 29.4 Å². The maximum atomic E-state index is 10.4. The van der Waals surface area contributed by atoms with Crippen molar-refractivity contribution in [1.82, 2.24) is 5.32 Å². The van der Waals surface area contributed by atoms with E-state index in [1.54, 1.807) is 31.2 Å². The molecule has 2 aromatic rings. The first-order valence-electron chi connectivity index (χ1n) is 6.36. The molecule has 4 nitrogen and oxygen atoms in total. The van der Waals surface area contributed by atoms with E-state index >= 15 is 0 Å². The smallest absolute Gasteiger partial charge is 0.136 e. The zero-order valence-electron chi connectivity index (χ0n) is 11.5. The average molecular weight is 296 g/mol. The molecule has 0 saturated heterocycles. The fourth-order valence-electron chi connectivity index (χ4n) is 1.95. The number of phenols is 1. The Kier molecular flexibility index (Phi) is 4.38. The molecule has 0 saturated carbocycles. The average Bonchev–Trinajstić information content (AvgIpc) is 2.81. The van der Waals surface area contributed by atoms with Crippen LogP contribution in [0.1, 0.15) is 24.0 Å². The summed E-state index contributed by atoms with van der Waals surface area (Å²) in [6.07, 6.45) is 0. The van der Waals surface area contributed by atoms with E-state index in [9.17, 15) is 10.2 Å². The highest BCUT2D eigenvalue weighted by Crippen LogP contribution is 2.24. The number of nitrogens with one attached hydrogen (secondary N) is 1. The van der Waals surface area contributed by atoms with Crippen molar-refractivity contribution >= 4 is 11.6 Å². The van der Waals surface area contributed by atoms with E-state index in [0.717, 1.165) is 5.76 Å². The van der Waals surface area contributed by atoms with E-state index in [2.05, 4.69) is 5.32 Å². The van der Waals surface area contributed by atoms with Gasteiger partial charge >= 0.3 is 0 Å². The highest BCUT2D eigenvalue weighted by atomic mass is 35.5. The zero-order chi connectivity index (χ0) is 14.8. The van der Waals surface area contributed by atoms with Crippen LogP contribution in [-0.2, 0) is 12.1 Å². The largest absolute Gasteiger partial charge is 0.508 e. The third kappa shape index (κ3) is 3.54. The second-order valence-corrected chi connectivity index (χ2v) is 5.50. The predicted octanol–water partition coefficient (Wildman–Crippen LogP) is 2.94. The van der Waals surface area contributed by atoms with Crippen molar-refractivity contribution in [3.8, 4) is 5.75 Å². The van der Waals surface area contributed by atoms with E-state index < -0.39 is 5.60 Å². The van der Waals surface area contributed by atoms with Crippen LogP contribution >= 0.6 is 11.6 Å². The molecule has 3 N–H and O–H groups in total. The lowest BCUT2D eigenvalue weighted by molar-refractivity contribution is 0.0332. The molecule has 20 heavy (non-hydrogen) atoms. The third-order valence-electron chi connectivity index (χ3n) is 3.10. The van der Waals surface area contributed by atoms with Gasteiger partial charge in [-0.05, 0) is 44.2 Å². The number of aliphatic hydroxyl groups is 1. The maximum Gasteiger partial charge on any atom is 0.136 e. The summed E-state index contributed by atoms with van der Waals surface area (Å²) in [7, 11) is 0. The summed E-state index contributed by atoms with van der Waals surface area (Å²) in [4.78, 5) is 0. The number of furan rings is 1. The van der Waals surface area contributed by atoms with Crippen LogP contribution in [0.4, 0.5) is 0 Å². The van der Waals surface area contributed by atoms with Crippen molar-refractivity contribution in [3.63, 3.8) is 0 Å². The molecule has 0 amide bonds. The first-order chi connectivity index (χ1) is 9.38. The van der Waals surface area contributed by atoms with Crippen LogP contribution in [0.5, 0.6) is 5.75 Å². The van der Waals surface area contributed by atoms with Crippen LogP contribution in [0.3, 0.4) is 0 Å². The lowest BCUT2D eigenvalue weighted by Gasteiger charge is -2.21. The van der Waals surface area contributed by atoms with Crippen LogP contribution in [-0.4, -0.2) is 16.8 Å². The third-order valence-corrected chi connectivity index (χ3v) is 3.33. The maximum absolute atomic E-state index is 10.4. The summed E-state index contributed by atoms with van der Waals surface area (Å²) in [6, 6.07) is 8.44. The Balaban J connectivity index is 1.97. The Morgan fingerprint density at radius 1 is 1.30 bits per heavy atom. The fourth-order valence-corrected chi connectivity index (χ4v) is 2.14. The van der Waals surface area contributed by atoms with E-state index in [4.69, 9.17) is 16.0 Å². The zero-order valence-corrected chi connectivity index (χ0v) is 12.2. The standard InChI is InChI=1S/C15H18ClNO3/c1-10-3-6-14(20-10)15(2,19)9-17-8-11-7-12(16)4-5-13(11)18/h3-7,17-19H,8-9H2,1-2H3.